The van der Waals surface area contributed by atoms with E-state index in [1.807, 2.05) is 30.3 Å². The number of nitrogens with one attached hydrogen (secondary N) is 2. The highest BCUT2D eigenvalue weighted by molar-refractivity contribution is 6.31. The number of hydrogen-bond donors (Lipinski definition) is 2. The van der Waals surface area contributed by atoms with Crippen LogP contribution in [0.3, 0.4) is 0 Å². The molecule has 0 radical (unpaired) electrons. The van der Waals surface area contributed by atoms with E-state index in [0.717, 1.165) is 0 Å². The number of carbonyl (C=O) groups is 1. The molecule has 0 aliphatic heterocycles. The zero-order valence-corrected chi connectivity index (χ0v) is 11.8. The molecule has 2 aromatic carbocycles. The van der Waals surface area contributed by atoms with Crippen molar-refractivity contribution in [3.63, 3.8) is 0 Å². The molecule has 0 fully saturated rings. The van der Waals surface area contributed by atoms with Gasteiger partial charge in [-0.2, -0.15) is 0 Å². The first-order valence-electron chi connectivity index (χ1n) is 6.16. The molecular weight excluding hydrogens is 276 g/mol. The van der Waals surface area contributed by atoms with Crippen LogP contribution in [0.5, 0.6) is 11.5 Å². The van der Waals surface area contributed by atoms with E-state index >= 15 is 0 Å². The zero-order valence-electron chi connectivity index (χ0n) is 11.0. The van der Waals surface area contributed by atoms with Gasteiger partial charge in [-0.1, -0.05) is 29.8 Å². The van der Waals surface area contributed by atoms with Crippen molar-refractivity contribution >= 4 is 23.2 Å². The van der Waals surface area contributed by atoms with Crippen LogP contribution < -0.4 is 15.4 Å². The van der Waals surface area contributed by atoms with Gasteiger partial charge in [0.15, 0.2) is 5.75 Å². The van der Waals surface area contributed by atoms with E-state index in [2.05, 4.69) is 10.6 Å². The second kappa shape index (κ2) is 6.93. The number of benzene rings is 2. The van der Waals surface area contributed by atoms with Gasteiger partial charge < -0.3 is 15.4 Å². The minimum atomic E-state index is -0.160. The van der Waals surface area contributed by atoms with E-state index in [1.165, 1.54) is 0 Å². The highest BCUT2D eigenvalue weighted by atomic mass is 35.5. The van der Waals surface area contributed by atoms with Crippen molar-refractivity contribution in [2.24, 2.45) is 0 Å². The lowest BCUT2D eigenvalue weighted by molar-refractivity contribution is -0.115. The van der Waals surface area contributed by atoms with Crippen LogP contribution in [0, 0.1) is 0 Å². The fourth-order valence-electron chi connectivity index (χ4n) is 1.66. The predicted molar refractivity (Wildman–Crippen MR) is 80.5 cm³/mol. The topological polar surface area (TPSA) is 50.4 Å². The molecule has 0 heterocycles. The van der Waals surface area contributed by atoms with Crippen LogP contribution in [0.1, 0.15) is 0 Å². The number of hydrogen-bond acceptors (Lipinski definition) is 3. The Hall–Kier alpha value is -2.04. The minimum absolute atomic E-state index is 0.160. The van der Waals surface area contributed by atoms with Crippen molar-refractivity contribution in [1.82, 2.24) is 5.32 Å². The first kappa shape index (κ1) is 14.4. The van der Waals surface area contributed by atoms with E-state index in [0.29, 0.717) is 22.2 Å². The average molecular weight is 291 g/mol. The summed E-state index contributed by atoms with van der Waals surface area (Å²) < 4.78 is 5.75. The molecule has 0 saturated heterocycles. The van der Waals surface area contributed by atoms with Gasteiger partial charge in [0.2, 0.25) is 5.91 Å². The van der Waals surface area contributed by atoms with Crippen molar-refractivity contribution in [3.05, 3.63) is 53.6 Å². The molecule has 0 bridgehead atoms. The molecule has 0 aliphatic rings. The summed E-state index contributed by atoms with van der Waals surface area (Å²) in [4.78, 5) is 11.7. The number of amides is 1. The Balaban J connectivity index is 2.21. The summed E-state index contributed by atoms with van der Waals surface area (Å²) in [6, 6.07) is 14.5. The molecule has 0 atom stereocenters. The lowest BCUT2D eigenvalue weighted by Crippen LogP contribution is -2.25. The minimum Gasteiger partial charge on any atom is -0.455 e. The van der Waals surface area contributed by atoms with Crippen LogP contribution in [0.15, 0.2) is 48.5 Å². The van der Waals surface area contributed by atoms with Gasteiger partial charge in [0.05, 0.1) is 12.2 Å². The fourth-order valence-corrected chi connectivity index (χ4v) is 1.83. The lowest BCUT2D eigenvalue weighted by atomic mass is 10.2. The average Bonchev–Trinajstić information content (AvgIpc) is 2.43. The number of rotatable bonds is 5. The third kappa shape index (κ3) is 3.98. The van der Waals surface area contributed by atoms with E-state index in [1.54, 1.807) is 25.2 Å². The Morgan fingerprint density at radius 2 is 1.95 bits per heavy atom. The van der Waals surface area contributed by atoms with E-state index in [9.17, 15) is 4.79 Å². The largest absolute Gasteiger partial charge is 0.455 e. The molecule has 2 N–H and O–H groups in total. The van der Waals surface area contributed by atoms with E-state index in [-0.39, 0.29) is 12.5 Å². The molecule has 2 rings (SSSR count). The Labute approximate surface area is 122 Å². The number of carbonyl (C=O) groups excluding carboxylic acids is 1. The van der Waals surface area contributed by atoms with Crippen molar-refractivity contribution in [2.45, 2.75) is 0 Å². The highest BCUT2D eigenvalue weighted by Crippen LogP contribution is 2.31. The Bertz CT molecular complexity index is 588. The Morgan fingerprint density at radius 3 is 2.65 bits per heavy atom. The van der Waals surface area contributed by atoms with Gasteiger partial charge in [0, 0.05) is 5.02 Å². The summed E-state index contributed by atoms with van der Waals surface area (Å²) >= 11 is 5.96. The van der Waals surface area contributed by atoms with Crippen molar-refractivity contribution in [2.75, 3.05) is 18.9 Å². The highest BCUT2D eigenvalue weighted by Gasteiger charge is 2.09. The molecule has 1 amide bonds. The summed E-state index contributed by atoms with van der Waals surface area (Å²) in [7, 11) is 1.71. The Morgan fingerprint density at radius 1 is 1.20 bits per heavy atom. The van der Waals surface area contributed by atoms with E-state index in [4.69, 9.17) is 16.3 Å². The first-order valence-corrected chi connectivity index (χ1v) is 6.54. The normalized spacial score (nSPS) is 10.1. The molecule has 0 aliphatic carbocycles. The van der Waals surface area contributed by atoms with Crippen molar-refractivity contribution in [1.29, 1.82) is 0 Å². The molecule has 0 aromatic heterocycles. The van der Waals surface area contributed by atoms with Gasteiger partial charge >= 0.3 is 0 Å². The number of ether oxygens (including phenoxy) is 1. The standard InChI is InChI=1S/C15H15ClN2O2/c1-17-10-15(19)18-13-9-11(16)7-8-14(13)20-12-5-3-2-4-6-12/h2-9,17H,10H2,1H3,(H,18,19). The summed E-state index contributed by atoms with van der Waals surface area (Å²) in [6.45, 7) is 0.220. The molecule has 0 saturated carbocycles. The first-order chi connectivity index (χ1) is 9.69. The van der Waals surface area contributed by atoms with Gasteiger partial charge in [0.1, 0.15) is 5.75 Å². The fraction of sp³-hybridized carbons (Fsp3) is 0.133. The number of para-hydroxylation sites is 1. The zero-order chi connectivity index (χ0) is 14.4. The van der Waals surface area contributed by atoms with Crippen LogP contribution in [-0.2, 0) is 4.79 Å². The summed E-state index contributed by atoms with van der Waals surface area (Å²) in [5, 5.41) is 6.08. The number of likely N-dealkylation sites (N-methyl/N-ethyl adjacent to an activating group) is 1. The SMILES string of the molecule is CNCC(=O)Nc1cc(Cl)ccc1Oc1ccccc1. The third-order valence-electron chi connectivity index (χ3n) is 2.52. The predicted octanol–water partition coefficient (Wildman–Crippen LogP) is 3.29. The van der Waals surface area contributed by atoms with Gasteiger partial charge in [-0.05, 0) is 37.4 Å². The van der Waals surface area contributed by atoms with Crippen LogP contribution in [-0.4, -0.2) is 19.5 Å². The molecular formula is C15H15ClN2O2. The van der Waals surface area contributed by atoms with Crippen molar-refractivity contribution < 1.29 is 9.53 Å². The quantitative estimate of drug-likeness (QED) is 0.888. The second-order valence-corrected chi connectivity index (χ2v) is 4.57. The number of halogens is 1. The lowest BCUT2D eigenvalue weighted by Gasteiger charge is -2.12. The number of anilines is 1. The molecule has 4 nitrogen and oxygen atoms in total. The maximum Gasteiger partial charge on any atom is 0.238 e. The maximum atomic E-state index is 11.7. The molecule has 0 unspecified atom stereocenters. The smallest absolute Gasteiger partial charge is 0.238 e. The second-order valence-electron chi connectivity index (χ2n) is 4.13. The van der Waals surface area contributed by atoms with Gasteiger partial charge in [-0.15, -0.1) is 0 Å². The van der Waals surface area contributed by atoms with Gasteiger partial charge in [-0.25, -0.2) is 0 Å². The van der Waals surface area contributed by atoms with Gasteiger partial charge in [-0.3, -0.25) is 4.79 Å². The third-order valence-corrected chi connectivity index (χ3v) is 2.76. The van der Waals surface area contributed by atoms with Gasteiger partial charge in [0.25, 0.3) is 0 Å². The van der Waals surface area contributed by atoms with Crippen LogP contribution in [0.25, 0.3) is 0 Å². The van der Waals surface area contributed by atoms with Crippen LogP contribution in [0.2, 0.25) is 5.02 Å². The molecule has 0 spiro atoms. The molecule has 2 aromatic rings. The maximum absolute atomic E-state index is 11.7. The Kier molecular flexibility index (Phi) is 4.98. The monoisotopic (exact) mass is 290 g/mol. The van der Waals surface area contributed by atoms with Crippen LogP contribution >= 0.6 is 11.6 Å². The molecule has 104 valence electrons. The summed E-state index contributed by atoms with van der Waals surface area (Å²) in [6.07, 6.45) is 0. The van der Waals surface area contributed by atoms with E-state index < -0.39 is 0 Å². The summed E-state index contributed by atoms with van der Waals surface area (Å²) in [5.74, 6) is 1.08. The molecule has 20 heavy (non-hydrogen) atoms. The van der Waals surface area contributed by atoms with Crippen molar-refractivity contribution in [3.8, 4) is 11.5 Å². The molecule has 5 heteroatoms. The van der Waals surface area contributed by atoms with Crippen LogP contribution in [0.4, 0.5) is 5.69 Å². The summed E-state index contributed by atoms with van der Waals surface area (Å²) in [5.41, 5.74) is 0.543.